The standard InChI is InChI=1S/C26H27N3O5S/c1-17-8-9-21(32-2)23-24(17)35-26(27-23)29(11-5-10-28-12-14-33-15-13-28)25(31)22-16-19(30)18-6-3-4-7-20(18)34-22/h3-4,6-9,16H,5,10-15H2,1-2H3. The van der Waals surface area contributed by atoms with Crippen LogP contribution in [0.25, 0.3) is 21.2 Å². The van der Waals surface area contributed by atoms with Gasteiger partial charge in [0.05, 0.1) is 30.4 Å². The summed E-state index contributed by atoms with van der Waals surface area (Å²) in [5.41, 5.74) is 1.92. The van der Waals surface area contributed by atoms with E-state index < -0.39 is 0 Å². The van der Waals surface area contributed by atoms with Crippen LogP contribution in [0, 0.1) is 6.92 Å². The molecular formula is C26H27N3O5S. The van der Waals surface area contributed by atoms with Gasteiger partial charge in [-0.25, -0.2) is 4.98 Å². The Bertz CT molecular complexity index is 1420. The molecule has 1 fully saturated rings. The zero-order chi connectivity index (χ0) is 24.4. The largest absolute Gasteiger partial charge is 0.494 e. The number of rotatable bonds is 7. The first-order valence-electron chi connectivity index (χ1n) is 11.6. The monoisotopic (exact) mass is 493 g/mol. The fourth-order valence-corrected chi connectivity index (χ4v) is 5.36. The van der Waals surface area contributed by atoms with Crippen LogP contribution in [0.3, 0.4) is 0 Å². The zero-order valence-electron chi connectivity index (χ0n) is 19.8. The van der Waals surface area contributed by atoms with Gasteiger partial charge >= 0.3 is 0 Å². The van der Waals surface area contributed by atoms with Crippen LogP contribution < -0.4 is 15.1 Å². The molecule has 2 aromatic heterocycles. The highest BCUT2D eigenvalue weighted by molar-refractivity contribution is 7.22. The molecule has 3 heterocycles. The van der Waals surface area contributed by atoms with E-state index in [1.165, 1.54) is 17.4 Å². The number of hydrogen-bond acceptors (Lipinski definition) is 8. The number of carbonyl (C=O) groups excluding carboxylic acids is 1. The number of aryl methyl sites for hydroxylation is 1. The third kappa shape index (κ3) is 4.80. The minimum absolute atomic E-state index is 0.00279. The van der Waals surface area contributed by atoms with Gasteiger partial charge in [0, 0.05) is 32.2 Å². The second kappa shape index (κ2) is 10.2. The number of fused-ring (bicyclic) bond motifs is 2. The minimum atomic E-state index is -0.384. The fourth-order valence-electron chi connectivity index (χ4n) is 4.28. The van der Waals surface area contributed by atoms with Crippen LogP contribution in [-0.4, -0.2) is 62.3 Å². The molecule has 1 amide bonds. The lowest BCUT2D eigenvalue weighted by atomic mass is 10.2. The Labute approximate surface area is 206 Å². The first-order chi connectivity index (χ1) is 17.0. The topological polar surface area (TPSA) is 85.1 Å². The number of benzene rings is 2. The number of amides is 1. The third-order valence-corrected chi connectivity index (χ3v) is 7.41. The summed E-state index contributed by atoms with van der Waals surface area (Å²) in [6.45, 7) is 6.49. The zero-order valence-corrected chi connectivity index (χ0v) is 20.6. The van der Waals surface area contributed by atoms with Crippen LogP contribution >= 0.6 is 11.3 Å². The molecular weight excluding hydrogens is 466 g/mol. The van der Waals surface area contributed by atoms with Crippen molar-refractivity contribution in [2.75, 3.05) is 51.4 Å². The molecule has 0 unspecified atom stereocenters. The lowest BCUT2D eigenvalue weighted by molar-refractivity contribution is 0.0376. The Morgan fingerprint density at radius 1 is 1.20 bits per heavy atom. The third-order valence-electron chi connectivity index (χ3n) is 6.19. The number of carbonyl (C=O) groups is 1. The molecule has 0 bridgehead atoms. The predicted molar refractivity (Wildman–Crippen MR) is 137 cm³/mol. The summed E-state index contributed by atoms with van der Waals surface area (Å²) < 4.78 is 17.8. The Morgan fingerprint density at radius 3 is 2.80 bits per heavy atom. The average molecular weight is 494 g/mol. The van der Waals surface area contributed by atoms with Gasteiger partial charge in [0.25, 0.3) is 5.91 Å². The number of morpholine rings is 1. The fraction of sp³-hybridized carbons (Fsp3) is 0.346. The molecule has 5 rings (SSSR count). The number of para-hydroxylation sites is 1. The quantitative estimate of drug-likeness (QED) is 0.383. The Kier molecular flexibility index (Phi) is 6.81. The van der Waals surface area contributed by atoms with Gasteiger partial charge in [0.2, 0.25) is 0 Å². The van der Waals surface area contributed by atoms with Crippen molar-refractivity contribution in [3.63, 3.8) is 0 Å². The van der Waals surface area contributed by atoms with Crippen molar-refractivity contribution in [3.8, 4) is 5.75 Å². The molecule has 1 aliphatic heterocycles. The maximum absolute atomic E-state index is 13.7. The molecule has 0 aliphatic carbocycles. The first kappa shape index (κ1) is 23.5. The van der Waals surface area contributed by atoms with Gasteiger partial charge in [-0.2, -0.15) is 0 Å². The summed E-state index contributed by atoms with van der Waals surface area (Å²) in [4.78, 5) is 35.1. The van der Waals surface area contributed by atoms with E-state index in [2.05, 4.69) is 4.90 Å². The molecule has 4 aromatic rings. The summed E-state index contributed by atoms with van der Waals surface area (Å²) in [7, 11) is 1.61. The number of aromatic nitrogens is 1. The molecule has 182 valence electrons. The van der Waals surface area contributed by atoms with Crippen molar-refractivity contribution in [1.29, 1.82) is 0 Å². The van der Waals surface area contributed by atoms with Crippen molar-refractivity contribution in [2.45, 2.75) is 13.3 Å². The van der Waals surface area contributed by atoms with E-state index >= 15 is 0 Å². The molecule has 0 N–H and O–H groups in total. The lowest BCUT2D eigenvalue weighted by Gasteiger charge is -2.27. The van der Waals surface area contributed by atoms with Crippen molar-refractivity contribution < 1.29 is 18.7 Å². The van der Waals surface area contributed by atoms with Gasteiger partial charge in [0.15, 0.2) is 16.3 Å². The summed E-state index contributed by atoms with van der Waals surface area (Å²) >= 11 is 1.44. The molecule has 35 heavy (non-hydrogen) atoms. The van der Waals surface area contributed by atoms with E-state index in [-0.39, 0.29) is 17.1 Å². The van der Waals surface area contributed by atoms with E-state index in [4.69, 9.17) is 18.9 Å². The number of thiazole rings is 1. The normalized spacial score (nSPS) is 14.5. The summed E-state index contributed by atoms with van der Waals surface area (Å²) in [5, 5.41) is 0.999. The minimum Gasteiger partial charge on any atom is -0.494 e. The Balaban J connectivity index is 1.50. The van der Waals surface area contributed by atoms with E-state index in [1.807, 2.05) is 19.1 Å². The second-order valence-electron chi connectivity index (χ2n) is 8.49. The van der Waals surface area contributed by atoms with E-state index in [9.17, 15) is 9.59 Å². The first-order valence-corrected chi connectivity index (χ1v) is 12.5. The van der Waals surface area contributed by atoms with Crippen molar-refractivity contribution >= 4 is 43.6 Å². The molecule has 0 atom stereocenters. The summed E-state index contributed by atoms with van der Waals surface area (Å²) in [6.07, 6.45) is 0.746. The second-order valence-corrected chi connectivity index (χ2v) is 9.47. The van der Waals surface area contributed by atoms with E-state index in [0.29, 0.717) is 28.4 Å². The van der Waals surface area contributed by atoms with Crippen molar-refractivity contribution in [1.82, 2.24) is 9.88 Å². The highest BCUT2D eigenvalue weighted by atomic mass is 32.1. The highest BCUT2D eigenvalue weighted by Crippen LogP contribution is 2.37. The van der Waals surface area contributed by atoms with Gasteiger partial charge in [-0.1, -0.05) is 29.5 Å². The molecule has 1 saturated heterocycles. The maximum Gasteiger partial charge on any atom is 0.295 e. The van der Waals surface area contributed by atoms with Crippen LogP contribution in [0.5, 0.6) is 5.75 Å². The molecule has 0 saturated carbocycles. The number of hydrogen-bond donors (Lipinski definition) is 0. The van der Waals surface area contributed by atoms with Gasteiger partial charge in [-0.15, -0.1) is 0 Å². The van der Waals surface area contributed by atoms with Crippen LogP contribution in [0.15, 0.2) is 51.7 Å². The van der Waals surface area contributed by atoms with Gasteiger partial charge in [0.1, 0.15) is 16.8 Å². The molecule has 8 nitrogen and oxygen atoms in total. The number of methoxy groups -OCH3 is 1. The van der Waals surface area contributed by atoms with Crippen LogP contribution in [0.1, 0.15) is 22.5 Å². The molecule has 0 radical (unpaired) electrons. The van der Waals surface area contributed by atoms with Crippen LogP contribution in [0.4, 0.5) is 5.13 Å². The number of anilines is 1. The van der Waals surface area contributed by atoms with E-state index in [0.717, 1.165) is 55.0 Å². The average Bonchev–Trinajstić information content (AvgIpc) is 3.33. The predicted octanol–water partition coefficient (Wildman–Crippen LogP) is 4.09. The Morgan fingerprint density at radius 2 is 2.00 bits per heavy atom. The smallest absolute Gasteiger partial charge is 0.295 e. The number of nitrogens with zero attached hydrogens (tertiary/aromatic N) is 3. The summed E-state index contributed by atoms with van der Waals surface area (Å²) in [6, 6.07) is 12.1. The molecule has 9 heteroatoms. The molecule has 2 aromatic carbocycles. The lowest BCUT2D eigenvalue weighted by Crippen LogP contribution is -2.39. The SMILES string of the molecule is COc1ccc(C)c2sc(N(CCCN3CCOCC3)C(=O)c3cc(=O)c4ccccc4o3)nc12. The van der Waals surface area contributed by atoms with E-state index in [1.54, 1.807) is 36.3 Å². The van der Waals surface area contributed by atoms with Crippen LogP contribution in [-0.2, 0) is 4.74 Å². The van der Waals surface area contributed by atoms with Gasteiger partial charge in [-0.3, -0.25) is 19.4 Å². The van der Waals surface area contributed by atoms with Gasteiger partial charge < -0.3 is 13.9 Å². The van der Waals surface area contributed by atoms with Crippen molar-refractivity contribution in [2.24, 2.45) is 0 Å². The molecule has 0 spiro atoms. The van der Waals surface area contributed by atoms with Crippen molar-refractivity contribution in [3.05, 3.63) is 64.0 Å². The highest BCUT2D eigenvalue weighted by Gasteiger charge is 2.25. The molecule has 1 aliphatic rings. The number of ether oxygens (including phenoxy) is 2. The summed E-state index contributed by atoms with van der Waals surface area (Å²) in [5.74, 6) is 0.277. The Hall–Kier alpha value is -3.27. The van der Waals surface area contributed by atoms with Gasteiger partial charge in [-0.05, 0) is 37.1 Å². The maximum atomic E-state index is 13.7. The van der Waals surface area contributed by atoms with Crippen LogP contribution in [0.2, 0.25) is 0 Å².